The van der Waals surface area contributed by atoms with Crippen LogP contribution in [0.5, 0.6) is 0 Å². The van der Waals surface area contributed by atoms with Gasteiger partial charge in [-0.3, -0.25) is 4.79 Å². The highest BCUT2D eigenvalue weighted by atomic mass is 19.4. The molecule has 0 spiro atoms. The van der Waals surface area contributed by atoms with E-state index in [0.717, 1.165) is 6.42 Å². The third kappa shape index (κ3) is 9.28. The lowest BCUT2D eigenvalue weighted by Gasteiger charge is -2.04. The van der Waals surface area contributed by atoms with Crippen LogP contribution in [-0.2, 0) is 4.79 Å². The van der Waals surface area contributed by atoms with Gasteiger partial charge in [0.15, 0.2) is 0 Å². The Hall–Kier alpha value is -0.810. The van der Waals surface area contributed by atoms with Crippen molar-refractivity contribution in [3.8, 4) is 0 Å². The van der Waals surface area contributed by atoms with Crippen molar-refractivity contribution in [2.45, 2.75) is 44.6 Å². The van der Waals surface area contributed by atoms with Gasteiger partial charge in [-0.2, -0.15) is 13.2 Å². The lowest BCUT2D eigenvalue weighted by atomic mass is 10.3. The topological polar surface area (TPSA) is 29.1 Å². The lowest BCUT2D eigenvalue weighted by molar-refractivity contribution is -0.111. The summed E-state index contributed by atoms with van der Waals surface area (Å²) in [7, 11) is 0. The van der Waals surface area contributed by atoms with Gasteiger partial charge in [0.25, 0.3) is 0 Å². The lowest BCUT2D eigenvalue weighted by Crippen LogP contribution is -2.24. The quantitative estimate of drug-likeness (QED) is 0.555. The second kappa shape index (κ2) is 5.82. The number of carbonyl (C=O) groups is 1. The summed E-state index contributed by atoms with van der Waals surface area (Å²) in [5.74, 6) is 0. The molecule has 14 heavy (non-hydrogen) atoms. The Morgan fingerprint density at radius 3 is 2.14 bits per heavy atom. The van der Waals surface area contributed by atoms with Crippen LogP contribution in [0.4, 0.5) is 17.6 Å². The Labute approximate surface area is 79.7 Å². The Kier molecular flexibility index (Phi) is 5.49. The normalized spacial score (nSPS) is 26.4. The van der Waals surface area contributed by atoms with Crippen molar-refractivity contribution in [2.24, 2.45) is 0 Å². The van der Waals surface area contributed by atoms with Crippen molar-refractivity contribution in [2.75, 3.05) is 0 Å². The summed E-state index contributed by atoms with van der Waals surface area (Å²) in [5.41, 5.74) is 0. The van der Waals surface area contributed by atoms with Gasteiger partial charge in [-0.25, -0.2) is 4.39 Å². The molecule has 0 heterocycles. The molecule has 2 atom stereocenters. The molecule has 0 saturated heterocycles. The summed E-state index contributed by atoms with van der Waals surface area (Å²) < 4.78 is 43.4. The fourth-order valence-electron chi connectivity index (χ4n) is 1.17. The molecule has 0 bridgehead atoms. The standard InChI is InChI=1S/C6H10FNO.C2H3F3/c7-5-1-2-6(3-5)8-4-9;1-2(3,4)5/h4-6H,1-3H2,(H,8,9);1H3. The Morgan fingerprint density at radius 2 is 1.86 bits per heavy atom. The van der Waals surface area contributed by atoms with E-state index in [1.165, 1.54) is 0 Å². The van der Waals surface area contributed by atoms with Crippen LogP contribution in [0.1, 0.15) is 26.2 Å². The minimum atomic E-state index is -4.00. The number of hydrogen-bond donors (Lipinski definition) is 1. The molecule has 1 amide bonds. The molecule has 1 fully saturated rings. The van der Waals surface area contributed by atoms with Crippen LogP contribution in [0.2, 0.25) is 0 Å². The molecule has 6 heteroatoms. The van der Waals surface area contributed by atoms with Crippen LogP contribution < -0.4 is 5.32 Å². The average Bonchev–Trinajstić information content (AvgIpc) is 2.32. The molecular formula is C8H13F4NO. The van der Waals surface area contributed by atoms with E-state index in [1.54, 1.807) is 0 Å². The average molecular weight is 215 g/mol. The van der Waals surface area contributed by atoms with Crippen molar-refractivity contribution in [3.63, 3.8) is 0 Å². The minimum absolute atomic E-state index is 0.0949. The van der Waals surface area contributed by atoms with Gasteiger partial charge in [-0.1, -0.05) is 0 Å². The number of halogens is 4. The van der Waals surface area contributed by atoms with Crippen LogP contribution >= 0.6 is 0 Å². The Morgan fingerprint density at radius 1 is 1.36 bits per heavy atom. The van der Waals surface area contributed by atoms with Crippen molar-refractivity contribution in [1.82, 2.24) is 5.32 Å². The van der Waals surface area contributed by atoms with E-state index in [1.807, 2.05) is 0 Å². The van der Waals surface area contributed by atoms with E-state index in [0.29, 0.717) is 19.3 Å². The number of amides is 1. The maximum absolute atomic E-state index is 12.3. The highest BCUT2D eigenvalue weighted by Gasteiger charge is 2.22. The Balaban J connectivity index is 0.000000292. The first-order valence-corrected chi connectivity index (χ1v) is 4.23. The smallest absolute Gasteiger partial charge is 0.356 e. The van der Waals surface area contributed by atoms with Gasteiger partial charge in [-0.15, -0.1) is 0 Å². The van der Waals surface area contributed by atoms with E-state index in [2.05, 4.69) is 5.32 Å². The van der Waals surface area contributed by atoms with Crippen molar-refractivity contribution >= 4 is 6.41 Å². The predicted octanol–water partition coefficient (Wildman–Crippen LogP) is 2.19. The number of hydrogen-bond acceptors (Lipinski definition) is 1. The van der Waals surface area contributed by atoms with Gasteiger partial charge < -0.3 is 5.32 Å². The van der Waals surface area contributed by atoms with Crippen LogP contribution in [0, 0.1) is 0 Å². The number of alkyl halides is 4. The second-order valence-electron chi connectivity index (χ2n) is 3.17. The van der Waals surface area contributed by atoms with Crippen molar-refractivity contribution < 1.29 is 22.4 Å². The van der Waals surface area contributed by atoms with Crippen molar-refractivity contribution in [1.29, 1.82) is 0 Å². The molecule has 1 rings (SSSR count). The van der Waals surface area contributed by atoms with Crippen LogP contribution in [-0.4, -0.2) is 24.8 Å². The third-order valence-corrected chi connectivity index (χ3v) is 1.67. The zero-order valence-electron chi connectivity index (χ0n) is 7.77. The molecule has 1 aliphatic rings. The number of nitrogens with one attached hydrogen (secondary N) is 1. The van der Waals surface area contributed by atoms with E-state index in [-0.39, 0.29) is 13.0 Å². The molecule has 0 radical (unpaired) electrons. The van der Waals surface area contributed by atoms with Crippen molar-refractivity contribution in [3.05, 3.63) is 0 Å². The van der Waals surface area contributed by atoms with Gasteiger partial charge in [-0.05, 0) is 19.3 Å². The molecule has 2 nitrogen and oxygen atoms in total. The molecule has 0 aromatic rings. The third-order valence-electron chi connectivity index (χ3n) is 1.67. The van der Waals surface area contributed by atoms with Gasteiger partial charge in [0, 0.05) is 13.0 Å². The summed E-state index contributed by atoms with van der Waals surface area (Å²) in [4.78, 5) is 9.83. The highest BCUT2D eigenvalue weighted by molar-refractivity contribution is 5.46. The van der Waals surface area contributed by atoms with Gasteiger partial charge in [0.05, 0.1) is 0 Å². The molecule has 1 N–H and O–H groups in total. The monoisotopic (exact) mass is 215 g/mol. The SMILES string of the molecule is CC(F)(F)F.O=CNC1CCC(F)C1. The largest absolute Gasteiger partial charge is 0.386 e. The predicted molar refractivity (Wildman–Crippen MR) is 43.5 cm³/mol. The van der Waals surface area contributed by atoms with Crippen LogP contribution in [0.15, 0.2) is 0 Å². The number of carbonyl (C=O) groups excluding carboxylic acids is 1. The van der Waals surface area contributed by atoms with Gasteiger partial charge >= 0.3 is 6.18 Å². The second-order valence-corrected chi connectivity index (χ2v) is 3.17. The first-order chi connectivity index (χ1) is 6.33. The minimum Gasteiger partial charge on any atom is -0.356 e. The zero-order chi connectivity index (χ0) is 11.2. The molecule has 0 aliphatic heterocycles. The van der Waals surface area contributed by atoms with Gasteiger partial charge in [0.1, 0.15) is 6.17 Å². The summed E-state index contributed by atoms with van der Waals surface area (Å²) in [5, 5.41) is 2.55. The summed E-state index contributed by atoms with van der Waals surface area (Å²) in [6.07, 6.45) is -2.16. The van der Waals surface area contributed by atoms with E-state index < -0.39 is 12.3 Å². The maximum atomic E-state index is 12.3. The first-order valence-electron chi connectivity index (χ1n) is 4.23. The fraction of sp³-hybridized carbons (Fsp3) is 0.875. The van der Waals surface area contributed by atoms with E-state index in [9.17, 15) is 22.4 Å². The summed E-state index contributed by atoms with van der Waals surface area (Å²) >= 11 is 0. The molecule has 1 aliphatic carbocycles. The molecule has 84 valence electrons. The molecule has 0 aromatic heterocycles. The van der Waals surface area contributed by atoms with E-state index in [4.69, 9.17) is 0 Å². The molecule has 0 aromatic carbocycles. The summed E-state index contributed by atoms with van der Waals surface area (Å²) in [6.45, 7) is 0.188. The summed E-state index contributed by atoms with van der Waals surface area (Å²) in [6, 6.07) is 0.0949. The maximum Gasteiger partial charge on any atom is 0.386 e. The molecule has 2 unspecified atom stereocenters. The highest BCUT2D eigenvalue weighted by Crippen LogP contribution is 2.20. The molecular weight excluding hydrogens is 202 g/mol. The Bertz CT molecular complexity index is 165. The zero-order valence-corrected chi connectivity index (χ0v) is 7.77. The number of rotatable bonds is 2. The van der Waals surface area contributed by atoms with Gasteiger partial charge in [0.2, 0.25) is 6.41 Å². The molecule has 1 saturated carbocycles. The van der Waals surface area contributed by atoms with Crippen LogP contribution in [0.3, 0.4) is 0 Å². The van der Waals surface area contributed by atoms with Crippen LogP contribution in [0.25, 0.3) is 0 Å². The fourth-order valence-corrected chi connectivity index (χ4v) is 1.17. The first kappa shape index (κ1) is 13.2. The van der Waals surface area contributed by atoms with E-state index >= 15 is 0 Å².